The van der Waals surface area contributed by atoms with Crippen molar-refractivity contribution >= 4 is 15.7 Å². The summed E-state index contributed by atoms with van der Waals surface area (Å²) in [5, 5.41) is 11.1. The van der Waals surface area contributed by atoms with Gasteiger partial charge in [0.1, 0.15) is 0 Å². The molecule has 9 heteroatoms. The average Bonchev–Trinajstić information content (AvgIpc) is 3.04. The Labute approximate surface area is 160 Å². The van der Waals surface area contributed by atoms with Crippen LogP contribution in [-0.2, 0) is 21.2 Å². The molecule has 0 aromatic heterocycles. The van der Waals surface area contributed by atoms with Crippen LogP contribution in [-0.4, -0.2) is 68.0 Å². The van der Waals surface area contributed by atoms with Crippen LogP contribution in [0.15, 0.2) is 23.1 Å². The molecule has 1 aromatic rings. The lowest BCUT2D eigenvalue weighted by Gasteiger charge is -2.24. The first kappa shape index (κ1) is 20.2. The van der Waals surface area contributed by atoms with Gasteiger partial charge in [0.25, 0.3) is 5.69 Å². The maximum absolute atomic E-state index is 13.2. The largest absolute Gasteiger partial charge is 0.377 e. The predicted octanol–water partition coefficient (Wildman–Crippen LogP) is 2.03. The lowest BCUT2D eigenvalue weighted by Crippen LogP contribution is -2.37. The third kappa shape index (κ3) is 4.66. The fourth-order valence-corrected chi connectivity index (χ4v) is 5.56. The molecule has 27 heavy (non-hydrogen) atoms. The number of ether oxygens (including phenoxy) is 1. The number of nitro benzene ring substituents is 1. The molecule has 2 saturated heterocycles. The van der Waals surface area contributed by atoms with E-state index in [4.69, 9.17) is 4.74 Å². The minimum atomic E-state index is -3.76. The molecule has 0 radical (unpaired) electrons. The van der Waals surface area contributed by atoms with E-state index in [1.54, 1.807) is 6.07 Å². The summed E-state index contributed by atoms with van der Waals surface area (Å²) >= 11 is 0. The maximum atomic E-state index is 13.2. The fraction of sp³-hybridized carbons (Fsp3) is 0.667. The minimum absolute atomic E-state index is 0.0618. The lowest BCUT2D eigenvalue weighted by atomic mass is 10.1. The van der Waals surface area contributed by atoms with Gasteiger partial charge in [-0.25, -0.2) is 8.42 Å². The number of sulfonamides is 1. The Kier molecular flexibility index (Phi) is 6.46. The van der Waals surface area contributed by atoms with Crippen LogP contribution in [0.4, 0.5) is 5.69 Å². The Morgan fingerprint density at radius 3 is 2.70 bits per heavy atom. The Balaban J connectivity index is 1.76. The number of nitro groups is 1. The predicted molar refractivity (Wildman–Crippen MR) is 101 cm³/mol. The van der Waals surface area contributed by atoms with Crippen molar-refractivity contribution < 1.29 is 18.1 Å². The fourth-order valence-electron chi connectivity index (χ4n) is 3.77. The summed E-state index contributed by atoms with van der Waals surface area (Å²) in [4.78, 5) is 12.9. The first-order valence-corrected chi connectivity index (χ1v) is 11.0. The highest BCUT2D eigenvalue weighted by molar-refractivity contribution is 7.89. The Hall–Kier alpha value is -1.55. The van der Waals surface area contributed by atoms with E-state index in [2.05, 4.69) is 4.90 Å². The van der Waals surface area contributed by atoms with Crippen molar-refractivity contribution in [1.82, 2.24) is 9.21 Å². The van der Waals surface area contributed by atoms with Crippen LogP contribution >= 0.6 is 0 Å². The van der Waals surface area contributed by atoms with E-state index in [9.17, 15) is 18.5 Å². The van der Waals surface area contributed by atoms with Crippen molar-refractivity contribution in [2.75, 3.05) is 39.3 Å². The van der Waals surface area contributed by atoms with Crippen LogP contribution in [0, 0.1) is 10.1 Å². The number of hydrogen-bond acceptors (Lipinski definition) is 6. The van der Waals surface area contributed by atoms with Crippen LogP contribution < -0.4 is 0 Å². The summed E-state index contributed by atoms with van der Waals surface area (Å²) in [7, 11) is -3.76. The Morgan fingerprint density at radius 1 is 1.22 bits per heavy atom. The quantitative estimate of drug-likeness (QED) is 0.539. The summed E-state index contributed by atoms with van der Waals surface area (Å²) in [6.45, 7) is 5.80. The van der Waals surface area contributed by atoms with Gasteiger partial charge in [0.05, 0.1) is 15.9 Å². The van der Waals surface area contributed by atoms with Gasteiger partial charge >= 0.3 is 0 Å². The van der Waals surface area contributed by atoms with E-state index in [1.807, 2.05) is 6.92 Å². The van der Waals surface area contributed by atoms with Gasteiger partial charge in [0, 0.05) is 44.9 Å². The highest BCUT2D eigenvalue weighted by atomic mass is 32.2. The summed E-state index contributed by atoms with van der Waals surface area (Å²) in [6.07, 6.45) is 3.64. The number of aryl methyl sites for hydroxylation is 1. The molecule has 8 nitrogen and oxygen atoms in total. The lowest BCUT2D eigenvalue weighted by molar-refractivity contribution is -0.385. The van der Waals surface area contributed by atoms with Crippen molar-refractivity contribution in [3.8, 4) is 0 Å². The number of non-ortho nitro benzene ring substituents is 1. The van der Waals surface area contributed by atoms with E-state index in [0.29, 0.717) is 31.6 Å². The van der Waals surface area contributed by atoms with Crippen LogP contribution in [0.25, 0.3) is 0 Å². The molecule has 1 atom stereocenters. The van der Waals surface area contributed by atoms with Crippen LogP contribution in [0.1, 0.15) is 31.7 Å². The smallest absolute Gasteiger partial charge is 0.270 e. The standard InChI is InChI=1S/C18H27N3O5S/c1-2-15-6-7-16(21(22)23)13-18(15)27(24,25)20-9-4-8-19(10-11-20)14-17-5-3-12-26-17/h6-7,13,17H,2-5,8-12,14H2,1H3. The first-order valence-electron chi connectivity index (χ1n) is 9.53. The molecule has 3 rings (SSSR count). The molecule has 0 bridgehead atoms. The summed E-state index contributed by atoms with van der Waals surface area (Å²) in [5.74, 6) is 0. The number of hydrogen-bond donors (Lipinski definition) is 0. The number of nitrogens with zero attached hydrogens (tertiary/aromatic N) is 3. The van der Waals surface area contributed by atoms with Crippen LogP contribution in [0.2, 0.25) is 0 Å². The number of benzene rings is 1. The molecule has 2 aliphatic heterocycles. The third-order valence-corrected chi connectivity index (χ3v) is 7.27. The normalized spacial score (nSPS) is 22.6. The number of rotatable bonds is 6. The summed E-state index contributed by atoms with van der Waals surface area (Å²) in [5.41, 5.74) is 0.418. The van der Waals surface area contributed by atoms with Gasteiger partial charge < -0.3 is 4.74 Å². The highest BCUT2D eigenvalue weighted by Crippen LogP contribution is 2.26. The maximum Gasteiger partial charge on any atom is 0.270 e. The highest BCUT2D eigenvalue weighted by Gasteiger charge is 2.31. The third-order valence-electron chi connectivity index (χ3n) is 5.29. The molecule has 0 saturated carbocycles. The second kappa shape index (κ2) is 8.64. The molecular formula is C18H27N3O5S. The van der Waals surface area contributed by atoms with E-state index >= 15 is 0 Å². The van der Waals surface area contributed by atoms with E-state index in [1.165, 1.54) is 16.4 Å². The van der Waals surface area contributed by atoms with E-state index in [-0.39, 0.29) is 16.7 Å². The summed E-state index contributed by atoms with van der Waals surface area (Å²) < 4.78 is 33.6. The first-order chi connectivity index (χ1) is 12.9. The SMILES string of the molecule is CCc1ccc([N+](=O)[O-])cc1S(=O)(=O)N1CCCN(CC2CCCO2)CC1. The van der Waals surface area contributed by atoms with E-state index in [0.717, 1.165) is 39.0 Å². The second-order valence-electron chi connectivity index (χ2n) is 7.10. The second-order valence-corrected chi connectivity index (χ2v) is 9.00. The molecule has 0 N–H and O–H groups in total. The zero-order valence-electron chi connectivity index (χ0n) is 15.7. The van der Waals surface area contributed by atoms with Crippen molar-refractivity contribution in [3.63, 3.8) is 0 Å². The molecule has 2 heterocycles. The van der Waals surface area contributed by atoms with Gasteiger partial charge in [-0.1, -0.05) is 13.0 Å². The molecule has 2 fully saturated rings. The van der Waals surface area contributed by atoms with Crippen LogP contribution in [0.5, 0.6) is 0 Å². The zero-order chi connectivity index (χ0) is 19.4. The zero-order valence-corrected chi connectivity index (χ0v) is 16.5. The topological polar surface area (TPSA) is 93.0 Å². The molecule has 1 unspecified atom stereocenters. The van der Waals surface area contributed by atoms with Gasteiger partial charge in [-0.3, -0.25) is 15.0 Å². The monoisotopic (exact) mass is 397 g/mol. The van der Waals surface area contributed by atoms with Crippen molar-refractivity contribution in [2.45, 2.75) is 43.6 Å². The minimum Gasteiger partial charge on any atom is -0.377 e. The summed E-state index contributed by atoms with van der Waals surface area (Å²) in [6, 6.07) is 4.11. The molecule has 1 aromatic carbocycles. The van der Waals surface area contributed by atoms with Gasteiger partial charge in [-0.15, -0.1) is 0 Å². The van der Waals surface area contributed by atoms with Gasteiger partial charge in [0.2, 0.25) is 10.0 Å². The van der Waals surface area contributed by atoms with Crippen molar-refractivity contribution in [2.24, 2.45) is 0 Å². The molecule has 150 valence electrons. The average molecular weight is 397 g/mol. The molecule has 0 aliphatic carbocycles. The molecular weight excluding hydrogens is 370 g/mol. The Bertz CT molecular complexity index is 777. The molecule has 0 amide bonds. The molecule has 2 aliphatic rings. The molecule has 0 spiro atoms. The van der Waals surface area contributed by atoms with Gasteiger partial charge in [-0.05, 0) is 37.8 Å². The van der Waals surface area contributed by atoms with Crippen molar-refractivity contribution in [3.05, 3.63) is 33.9 Å². The van der Waals surface area contributed by atoms with E-state index < -0.39 is 14.9 Å². The van der Waals surface area contributed by atoms with Gasteiger partial charge in [0.15, 0.2) is 0 Å². The van der Waals surface area contributed by atoms with Crippen LogP contribution in [0.3, 0.4) is 0 Å². The van der Waals surface area contributed by atoms with Gasteiger partial charge in [-0.2, -0.15) is 4.31 Å². The Morgan fingerprint density at radius 2 is 2.04 bits per heavy atom. The van der Waals surface area contributed by atoms with Crippen molar-refractivity contribution in [1.29, 1.82) is 0 Å².